The Morgan fingerprint density at radius 3 is 2.52 bits per heavy atom. The van der Waals surface area contributed by atoms with Gasteiger partial charge in [0.15, 0.2) is 0 Å². The van der Waals surface area contributed by atoms with Crippen molar-refractivity contribution in [3.8, 4) is 0 Å². The Hall–Kier alpha value is -2.86. The highest BCUT2D eigenvalue weighted by Crippen LogP contribution is 2.30. The number of rotatable bonds is 5. The van der Waals surface area contributed by atoms with Gasteiger partial charge in [0.25, 0.3) is 0 Å². The van der Waals surface area contributed by atoms with Crippen LogP contribution < -0.4 is 15.5 Å². The van der Waals surface area contributed by atoms with Crippen molar-refractivity contribution in [3.05, 3.63) is 58.7 Å². The number of likely N-dealkylation sites (N-methyl/N-ethyl adjacent to an activating group) is 2. The van der Waals surface area contributed by atoms with Crippen molar-refractivity contribution in [3.63, 3.8) is 0 Å². The van der Waals surface area contributed by atoms with Crippen LogP contribution in [0.25, 0.3) is 0 Å². The second kappa shape index (κ2) is 8.66. The number of carbonyl (C=O) groups is 2. The van der Waals surface area contributed by atoms with Crippen molar-refractivity contribution in [2.24, 2.45) is 0 Å². The highest BCUT2D eigenvalue weighted by molar-refractivity contribution is 6.39. The van der Waals surface area contributed by atoms with E-state index in [1.165, 1.54) is 11.3 Å². The molecule has 0 aliphatic carbocycles. The van der Waals surface area contributed by atoms with Crippen LogP contribution in [0.5, 0.6) is 0 Å². The number of benzene rings is 2. The third kappa shape index (κ3) is 4.77. The Labute approximate surface area is 172 Å². The molecule has 2 aromatic carbocycles. The summed E-state index contributed by atoms with van der Waals surface area (Å²) in [5.41, 5.74) is 6.57. The smallest absolute Gasteiger partial charge is 0.313 e. The third-order valence-electron chi connectivity index (χ3n) is 5.67. The first-order chi connectivity index (χ1) is 13.8. The van der Waals surface area contributed by atoms with Gasteiger partial charge in [-0.3, -0.25) is 9.59 Å². The number of nitrogens with one attached hydrogen (secondary N) is 2. The van der Waals surface area contributed by atoms with Crippen LogP contribution in [-0.2, 0) is 16.0 Å². The molecule has 0 saturated carbocycles. The van der Waals surface area contributed by atoms with E-state index in [9.17, 15) is 9.59 Å². The van der Waals surface area contributed by atoms with Crippen molar-refractivity contribution in [1.82, 2.24) is 10.2 Å². The number of aryl methyl sites for hydroxylation is 2. The van der Waals surface area contributed by atoms with Gasteiger partial charge in [-0.05, 0) is 74.8 Å². The van der Waals surface area contributed by atoms with Crippen molar-refractivity contribution < 1.29 is 9.59 Å². The van der Waals surface area contributed by atoms with Crippen molar-refractivity contribution in [1.29, 1.82) is 0 Å². The van der Waals surface area contributed by atoms with E-state index in [0.29, 0.717) is 12.2 Å². The first-order valence-electron chi connectivity index (χ1n) is 9.93. The number of hydrogen-bond acceptors (Lipinski definition) is 4. The number of nitrogens with zero attached hydrogens (tertiary/aromatic N) is 2. The first kappa shape index (κ1) is 20.9. The maximum Gasteiger partial charge on any atom is 0.313 e. The predicted octanol–water partition coefficient (Wildman–Crippen LogP) is 2.65. The van der Waals surface area contributed by atoms with E-state index in [0.717, 1.165) is 29.7 Å². The van der Waals surface area contributed by atoms with Crippen molar-refractivity contribution >= 4 is 23.2 Å². The van der Waals surface area contributed by atoms with Crippen LogP contribution in [0.3, 0.4) is 0 Å². The fourth-order valence-corrected chi connectivity index (χ4v) is 3.67. The summed E-state index contributed by atoms with van der Waals surface area (Å²) < 4.78 is 0. The van der Waals surface area contributed by atoms with Gasteiger partial charge < -0.3 is 20.4 Å². The predicted molar refractivity (Wildman–Crippen MR) is 117 cm³/mol. The molecule has 2 N–H and O–H groups in total. The summed E-state index contributed by atoms with van der Waals surface area (Å²) in [6.07, 6.45) is 1.03. The summed E-state index contributed by atoms with van der Waals surface area (Å²) in [6, 6.07) is 12.0. The number of carbonyl (C=O) groups excluding carboxylic acids is 2. The Bertz CT molecular complexity index is 923. The minimum absolute atomic E-state index is 0.00965. The fourth-order valence-electron chi connectivity index (χ4n) is 3.67. The van der Waals surface area contributed by atoms with Gasteiger partial charge in [0.05, 0.1) is 6.04 Å². The largest absolute Gasteiger partial charge is 0.374 e. The molecule has 1 aliphatic rings. The molecule has 6 nitrogen and oxygen atoms in total. The lowest BCUT2D eigenvalue weighted by molar-refractivity contribution is -0.136. The monoisotopic (exact) mass is 394 g/mol. The molecule has 0 aromatic heterocycles. The van der Waals surface area contributed by atoms with Crippen LogP contribution in [0, 0.1) is 13.8 Å². The number of amides is 2. The van der Waals surface area contributed by atoms with Crippen LogP contribution >= 0.6 is 0 Å². The minimum Gasteiger partial charge on any atom is -0.374 e. The highest BCUT2D eigenvalue weighted by Gasteiger charge is 2.22. The van der Waals surface area contributed by atoms with E-state index in [-0.39, 0.29) is 6.04 Å². The zero-order valence-electron chi connectivity index (χ0n) is 17.9. The van der Waals surface area contributed by atoms with E-state index in [2.05, 4.69) is 45.7 Å². The summed E-state index contributed by atoms with van der Waals surface area (Å²) in [6.45, 7) is 5.37. The SMILES string of the molecule is Cc1ccc(NC(=O)C(=O)NC[C@H](c2ccc3c(c2)CCN3C)N(C)C)cc1C. The zero-order valence-corrected chi connectivity index (χ0v) is 17.9. The van der Waals surface area contributed by atoms with Crippen LogP contribution in [0.15, 0.2) is 36.4 Å². The minimum atomic E-state index is -0.652. The number of anilines is 2. The summed E-state index contributed by atoms with van der Waals surface area (Å²) in [4.78, 5) is 28.9. The van der Waals surface area contributed by atoms with E-state index in [1.807, 2.05) is 40.1 Å². The third-order valence-corrected chi connectivity index (χ3v) is 5.67. The van der Waals surface area contributed by atoms with Gasteiger partial charge in [0.1, 0.15) is 0 Å². The normalized spacial score (nSPS) is 13.9. The Balaban J connectivity index is 1.63. The van der Waals surface area contributed by atoms with Crippen molar-refractivity contribution in [2.45, 2.75) is 26.3 Å². The summed E-state index contributed by atoms with van der Waals surface area (Å²) >= 11 is 0. The molecule has 0 fully saturated rings. The molecule has 2 aromatic rings. The van der Waals surface area contributed by atoms with E-state index in [1.54, 1.807) is 6.07 Å². The molecule has 1 aliphatic heterocycles. The second-order valence-corrected chi connectivity index (χ2v) is 8.00. The van der Waals surface area contributed by atoms with Gasteiger partial charge in [-0.25, -0.2) is 0 Å². The van der Waals surface area contributed by atoms with Gasteiger partial charge in [0, 0.05) is 31.5 Å². The molecule has 1 atom stereocenters. The quantitative estimate of drug-likeness (QED) is 0.766. The van der Waals surface area contributed by atoms with Crippen LogP contribution in [0.1, 0.15) is 28.3 Å². The van der Waals surface area contributed by atoms with E-state index in [4.69, 9.17) is 0 Å². The Morgan fingerprint density at radius 2 is 1.83 bits per heavy atom. The lowest BCUT2D eigenvalue weighted by Crippen LogP contribution is -2.40. The molecule has 2 amide bonds. The molecule has 1 heterocycles. The average molecular weight is 395 g/mol. The molecule has 29 heavy (non-hydrogen) atoms. The Kier molecular flexibility index (Phi) is 6.23. The molecule has 0 unspecified atom stereocenters. The molecule has 0 radical (unpaired) electrons. The van der Waals surface area contributed by atoms with Crippen LogP contribution in [0.4, 0.5) is 11.4 Å². The zero-order chi connectivity index (χ0) is 21.1. The van der Waals surface area contributed by atoms with Crippen LogP contribution in [0.2, 0.25) is 0 Å². The summed E-state index contributed by atoms with van der Waals surface area (Å²) in [5.74, 6) is -1.28. The molecular weight excluding hydrogens is 364 g/mol. The van der Waals surface area contributed by atoms with Gasteiger partial charge >= 0.3 is 11.8 Å². The maximum atomic E-state index is 12.3. The highest BCUT2D eigenvalue weighted by atomic mass is 16.2. The molecule has 0 spiro atoms. The standard InChI is InChI=1S/C23H30N4O2/c1-15-6-8-19(12-16(15)2)25-23(29)22(28)24-14-21(26(3)4)17-7-9-20-18(13-17)10-11-27(20)5/h6-9,12-13,21H,10-11,14H2,1-5H3,(H,24,28)(H,25,29)/t21-/m1/s1. The summed E-state index contributed by atoms with van der Waals surface area (Å²) in [7, 11) is 6.06. The maximum absolute atomic E-state index is 12.3. The number of hydrogen-bond donors (Lipinski definition) is 2. The van der Waals surface area contributed by atoms with Gasteiger partial charge in [-0.2, -0.15) is 0 Å². The average Bonchev–Trinajstić information content (AvgIpc) is 3.05. The Morgan fingerprint density at radius 1 is 1.07 bits per heavy atom. The fraction of sp³-hybridized carbons (Fsp3) is 0.391. The summed E-state index contributed by atoms with van der Waals surface area (Å²) in [5, 5.41) is 5.45. The lowest BCUT2D eigenvalue weighted by atomic mass is 10.0. The second-order valence-electron chi connectivity index (χ2n) is 8.00. The van der Waals surface area contributed by atoms with E-state index >= 15 is 0 Å². The van der Waals surface area contributed by atoms with Gasteiger partial charge in [-0.15, -0.1) is 0 Å². The topological polar surface area (TPSA) is 64.7 Å². The lowest BCUT2D eigenvalue weighted by Gasteiger charge is -2.26. The van der Waals surface area contributed by atoms with Crippen molar-refractivity contribution in [2.75, 3.05) is 44.4 Å². The molecule has 0 saturated heterocycles. The molecule has 154 valence electrons. The molecule has 6 heteroatoms. The molecular formula is C23H30N4O2. The van der Waals surface area contributed by atoms with Gasteiger partial charge in [0.2, 0.25) is 0 Å². The molecule has 0 bridgehead atoms. The van der Waals surface area contributed by atoms with E-state index < -0.39 is 11.8 Å². The van der Waals surface area contributed by atoms with Gasteiger partial charge in [-0.1, -0.05) is 18.2 Å². The molecule has 3 rings (SSSR count). The van der Waals surface area contributed by atoms with Crippen LogP contribution in [-0.4, -0.2) is 50.9 Å². The number of fused-ring (bicyclic) bond motifs is 1. The first-order valence-corrected chi connectivity index (χ1v) is 9.93.